The van der Waals surface area contributed by atoms with Gasteiger partial charge in [-0.1, -0.05) is 12.1 Å². The molecule has 2 heterocycles. The molecule has 2 aliphatic rings. The van der Waals surface area contributed by atoms with Gasteiger partial charge in [0.15, 0.2) is 0 Å². The molecule has 1 aromatic carbocycles. The molecule has 2 saturated heterocycles. The second-order valence-corrected chi connectivity index (χ2v) is 7.68. The molecule has 0 saturated carbocycles. The Balaban J connectivity index is 1.57. The monoisotopic (exact) mass is 414 g/mol. The summed E-state index contributed by atoms with van der Waals surface area (Å²) >= 11 is 0. The van der Waals surface area contributed by atoms with E-state index in [0.717, 1.165) is 6.42 Å². The molecule has 0 radical (unpaired) electrons. The van der Waals surface area contributed by atoms with Crippen LogP contribution in [-0.2, 0) is 11.3 Å². The van der Waals surface area contributed by atoms with Crippen molar-refractivity contribution in [1.29, 1.82) is 0 Å². The lowest BCUT2D eigenvalue weighted by Crippen LogP contribution is -2.61. The van der Waals surface area contributed by atoms with E-state index in [1.807, 2.05) is 19.0 Å². The lowest BCUT2D eigenvalue weighted by molar-refractivity contribution is -0.274. The highest BCUT2D eigenvalue weighted by atomic mass is 19.4. The minimum Gasteiger partial charge on any atom is -0.406 e. The van der Waals surface area contributed by atoms with E-state index < -0.39 is 12.4 Å². The molecule has 3 rings (SSSR count). The number of hydrogen-bond donors (Lipinski definition) is 1. The molecule has 160 valence electrons. The van der Waals surface area contributed by atoms with Gasteiger partial charge >= 0.3 is 12.4 Å². The maximum Gasteiger partial charge on any atom is 0.573 e. The predicted molar refractivity (Wildman–Crippen MR) is 99.1 cm³/mol. The average Bonchev–Trinajstić information content (AvgIpc) is 3.07. The van der Waals surface area contributed by atoms with Crippen molar-refractivity contribution in [3.63, 3.8) is 0 Å². The Kier molecular flexibility index (Phi) is 5.92. The summed E-state index contributed by atoms with van der Waals surface area (Å²) in [6.07, 6.45) is -3.93. The third-order valence-electron chi connectivity index (χ3n) is 5.50. The van der Waals surface area contributed by atoms with Crippen molar-refractivity contribution in [3.8, 4) is 5.75 Å². The van der Waals surface area contributed by atoms with Gasteiger partial charge in [0.25, 0.3) is 0 Å². The van der Waals surface area contributed by atoms with Crippen molar-refractivity contribution in [2.45, 2.75) is 44.4 Å². The highest BCUT2D eigenvalue weighted by Crippen LogP contribution is 2.28. The Morgan fingerprint density at radius 2 is 1.90 bits per heavy atom. The number of halogens is 3. The van der Waals surface area contributed by atoms with Crippen LogP contribution in [0.25, 0.3) is 0 Å². The Morgan fingerprint density at radius 1 is 1.24 bits per heavy atom. The first kappa shape index (κ1) is 21.2. The van der Waals surface area contributed by atoms with Crippen molar-refractivity contribution in [2.75, 3.05) is 27.2 Å². The molecule has 3 amide bonds. The summed E-state index contributed by atoms with van der Waals surface area (Å²) in [5.41, 5.74) is 0.624. The maximum atomic E-state index is 12.7. The molecule has 0 bridgehead atoms. The van der Waals surface area contributed by atoms with Crippen LogP contribution in [0.1, 0.15) is 18.9 Å². The second kappa shape index (κ2) is 8.10. The number of ether oxygens (including phenoxy) is 1. The third-order valence-corrected chi connectivity index (χ3v) is 5.50. The normalized spacial score (nSPS) is 24.7. The molecule has 7 nitrogen and oxygen atoms in total. The zero-order chi connectivity index (χ0) is 21.3. The zero-order valence-electron chi connectivity index (χ0n) is 16.6. The molecular formula is C19H25F3N4O3. The number of carbonyl (C=O) groups excluding carboxylic acids is 2. The summed E-state index contributed by atoms with van der Waals surface area (Å²) in [7, 11) is 3.96. The molecule has 2 fully saturated rings. The van der Waals surface area contributed by atoms with E-state index in [4.69, 9.17) is 0 Å². The lowest BCUT2D eigenvalue weighted by atomic mass is 10.1. The van der Waals surface area contributed by atoms with Crippen LogP contribution in [0.5, 0.6) is 5.75 Å². The molecule has 0 aromatic heterocycles. The minimum atomic E-state index is -4.74. The van der Waals surface area contributed by atoms with E-state index in [0.29, 0.717) is 18.7 Å². The van der Waals surface area contributed by atoms with Crippen molar-refractivity contribution in [1.82, 2.24) is 20.0 Å². The van der Waals surface area contributed by atoms with Gasteiger partial charge < -0.3 is 24.8 Å². The fourth-order valence-electron chi connectivity index (χ4n) is 3.81. The van der Waals surface area contributed by atoms with Crippen LogP contribution < -0.4 is 10.1 Å². The second-order valence-electron chi connectivity index (χ2n) is 7.68. The average molecular weight is 414 g/mol. The SMILES string of the molecule is C[C@H]1C(=O)N2C[C@@H](N(C)C)C[C@H]2CN1C(=O)NCc1ccc(OC(F)(F)F)cc1. The summed E-state index contributed by atoms with van der Waals surface area (Å²) in [5, 5.41) is 2.74. The number of benzene rings is 1. The first-order valence-corrected chi connectivity index (χ1v) is 9.41. The van der Waals surface area contributed by atoms with E-state index in [1.165, 1.54) is 29.2 Å². The Labute approximate surface area is 167 Å². The van der Waals surface area contributed by atoms with Gasteiger partial charge in [-0.15, -0.1) is 13.2 Å². The van der Waals surface area contributed by atoms with Crippen LogP contribution in [0.3, 0.4) is 0 Å². The summed E-state index contributed by atoms with van der Waals surface area (Å²) in [5.74, 6) is -0.381. The van der Waals surface area contributed by atoms with E-state index >= 15 is 0 Å². The van der Waals surface area contributed by atoms with E-state index in [1.54, 1.807) is 6.92 Å². The van der Waals surface area contributed by atoms with Crippen molar-refractivity contribution in [3.05, 3.63) is 29.8 Å². The Hall–Kier alpha value is -2.49. The van der Waals surface area contributed by atoms with Crippen LogP contribution in [0, 0.1) is 0 Å². The molecule has 2 aliphatic heterocycles. The van der Waals surface area contributed by atoms with Crippen LogP contribution in [0.4, 0.5) is 18.0 Å². The number of carbonyl (C=O) groups is 2. The van der Waals surface area contributed by atoms with Gasteiger partial charge in [0.2, 0.25) is 5.91 Å². The van der Waals surface area contributed by atoms with Gasteiger partial charge in [0.05, 0.1) is 6.04 Å². The van der Waals surface area contributed by atoms with Crippen molar-refractivity contribution < 1.29 is 27.5 Å². The molecule has 29 heavy (non-hydrogen) atoms. The first-order chi connectivity index (χ1) is 13.5. The number of likely N-dealkylation sites (N-methyl/N-ethyl adjacent to an activating group) is 1. The van der Waals surface area contributed by atoms with Crippen molar-refractivity contribution in [2.24, 2.45) is 0 Å². The highest BCUT2D eigenvalue weighted by Gasteiger charge is 2.45. The number of amides is 3. The molecular weight excluding hydrogens is 389 g/mol. The fraction of sp³-hybridized carbons (Fsp3) is 0.579. The number of nitrogens with one attached hydrogen (secondary N) is 1. The van der Waals surface area contributed by atoms with Crippen LogP contribution in [0.15, 0.2) is 24.3 Å². The van der Waals surface area contributed by atoms with Gasteiger partial charge in [0.1, 0.15) is 11.8 Å². The topological polar surface area (TPSA) is 65.1 Å². The van der Waals surface area contributed by atoms with Crippen molar-refractivity contribution >= 4 is 11.9 Å². The first-order valence-electron chi connectivity index (χ1n) is 9.41. The van der Waals surface area contributed by atoms with Gasteiger partial charge in [-0.25, -0.2) is 4.79 Å². The van der Waals surface area contributed by atoms with Gasteiger partial charge in [0, 0.05) is 25.7 Å². The van der Waals surface area contributed by atoms with Gasteiger partial charge in [-0.2, -0.15) is 0 Å². The number of urea groups is 1. The number of piperazine rings is 1. The summed E-state index contributed by atoms with van der Waals surface area (Å²) in [4.78, 5) is 30.8. The number of nitrogens with zero attached hydrogens (tertiary/aromatic N) is 3. The standard InChI is InChI=1S/C19H25F3N4O3/c1-12-17(27)26-10-14(24(2)3)8-15(26)11-25(12)18(28)23-9-13-4-6-16(7-5-13)29-19(20,21)22/h4-7,12,14-15H,8-11H2,1-3H3,(H,23,28)/t12-,14-,15-/m0/s1. The van der Waals surface area contributed by atoms with E-state index in [-0.39, 0.29) is 36.3 Å². The molecule has 0 unspecified atom stereocenters. The Bertz CT molecular complexity index is 754. The maximum absolute atomic E-state index is 12.7. The van der Waals surface area contributed by atoms with Crippen LogP contribution in [0.2, 0.25) is 0 Å². The quantitative estimate of drug-likeness (QED) is 0.819. The fourth-order valence-corrected chi connectivity index (χ4v) is 3.81. The molecule has 1 N–H and O–H groups in total. The number of alkyl halides is 3. The largest absolute Gasteiger partial charge is 0.573 e. The van der Waals surface area contributed by atoms with E-state index in [2.05, 4.69) is 15.0 Å². The van der Waals surface area contributed by atoms with Gasteiger partial charge in [-0.3, -0.25) is 4.79 Å². The molecule has 1 aromatic rings. The third kappa shape index (κ3) is 4.92. The van der Waals surface area contributed by atoms with Crippen LogP contribution in [-0.4, -0.2) is 78.3 Å². The molecule has 0 aliphatic carbocycles. The number of hydrogen-bond acceptors (Lipinski definition) is 4. The smallest absolute Gasteiger partial charge is 0.406 e. The van der Waals surface area contributed by atoms with Crippen LogP contribution >= 0.6 is 0 Å². The zero-order valence-corrected chi connectivity index (χ0v) is 16.6. The van der Waals surface area contributed by atoms with E-state index in [9.17, 15) is 22.8 Å². The number of fused-ring (bicyclic) bond motifs is 1. The molecule has 3 atom stereocenters. The Morgan fingerprint density at radius 3 is 2.48 bits per heavy atom. The number of rotatable bonds is 4. The summed E-state index contributed by atoms with van der Waals surface area (Å²) in [6, 6.07) is 4.63. The lowest BCUT2D eigenvalue weighted by Gasteiger charge is -2.41. The molecule has 0 spiro atoms. The van der Waals surface area contributed by atoms with Gasteiger partial charge in [-0.05, 0) is 45.1 Å². The summed E-state index contributed by atoms with van der Waals surface area (Å²) < 4.78 is 40.5. The molecule has 10 heteroatoms. The predicted octanol–water partition coefficient (Wildman–Crippen LogP) is 2.03. The minimum absolute atomic E-state index is 0.00403. The highest BCUT2D eigenvalue weighted by molar-refractivity contribution is 5.88. The summed E-state index contributed by atoms with van der Waals surface area (Å²) in [6.45, 7) is 2.98.